The molecule has 0 N–H and O–H groups in total. The number of nitriles is 2. The Morgan fingerprint density at radius 1 is 0.615 bits per heavy atom. The Morgan fingerprint density at radius 2 is 1.05 bits per heavy atom. The minimum Gasteiger partial charge on any atom is -0.465 e. The van der Waals surface area contributed by atoms with E-state index < -0.39 is 0 Å². The second-order valence-electron chi connectivity index (χ2n) is 9.11. The molecule has 5 rings (SSSR count). The predicted octanol–water partition coefficient (Wildman–Crippen LogP) is 6.10. The normalized spacial score (nSPS) is 18.3. The lowest BCUT2D eigenvalue weighted by atomic mass is 10.1. The van der Waals surface area contributed by atoms with Crippen LogP contribution in [0.15, 0.2) is 48.5 Å². The highest BCUT2D eigenvalue weighted by Gasteiger charge is 2.17. The predicted molar refractivity (Wildman–Crippen MR) is 147 cm³/mol. The number of thiophene rings is 1. The first-order valence-electron chi connectivity index (χ1n) is 13.0. The van der Waals surface area contributed by atoms with Crippen LogP contribution in [0.25, 0.3) is 0 Å². The maximum atomic E-state index is 9.72. The van der Waals surface area contributed by atoms with Gasteiger partial charge in [0.15, 0.2) is 12.6 Å². The summed E-state index contributed by atoms with van der Waals surface area (Å²) in [6, 6.07) is 19.1. The summed E-state index contributed by atoms with van der Waals surface area (Å²) in [6.45, 7) is 1.45. The second-order valence-corrected chi connectivity index (χ2v) is 10.1. The van der Waals surface area contributed by atoms with Crippen LogP contribution in [0.3, 0.4) is 0 Å². The molecule has 3 heterocycles. The van der Waals surface area contributed by atoms with Gasteiger partial charge in [-0.1, -0.05) is 11.8 Å². The van der Waals surface area contributed by atoms with E-state index in [0.29, 0.717) is 9.75 Å². The van der Waals surface area contributed by atoms with E-state index in [0.717, 1.165) is 74.4 Å². The summed E-state index contributed by atoms with van der Waals surface area (Å²) in [4.78, 5) is 1.04. The Kier molecular flexibility index (Phi) is 8.80. The van der Waals surface area contributed by atoms with Gasteiger partial charge in [-0.3, -0.25) is 0 Å². The highest BCUT2D eigenvalue weighted by atomic mass is 32.1. The van der Waals surface area contributed by atoms with Crippen LogP contribution in [-0.2, 0) is 9.47 Å². The zero-order valence-corrected chi connectivity index (χ0v) is 22.2. The van der Waals surface area contributed by atoms with E-state index in [9.17, 15) is 10.5 Å². The number of nitrogens with zero attached hydrogens (tertiary/aromatic N) is 2. The molecule has 2 atom stereocenters. The average molecular weight is 535 g/mol. The van der Waals surface area contributed by atoms with Crippen LogP contribution in [0, 0.1) is 46.3 Å². The van der Waals surface area contributed by atoms with Crippen molar-refractivity contribution in [3.63, 3.8) is 0 Å². The summed E-state index contributed by atoms with van der Waals surface area (Å²) < 4.78 is 23.0. The van der Waals surface area contributed by atoms with Crippen molar-refractivity contribution in [3.05, 3.63) is 80.5 Å². The Bertz CT molecular complexity index is 1380. The fourth-order valence-electron chi connectivity index (χ4n) is 4.22. The van der Waals surface area contributed by atoms with Crippen molar-refractivity contribution in [1.29, 1.82) is 10.5 Å². The first-order chi connectivity index (χ1) is 19.2. The van der Waals surface area contributed by atoms with Crippen LogP contribution in [0.4, 0.5) is 0 Å². The third-order valence-corrected chi connectivity index (χ3v) is 7.31. The molecule has 2 aliphatic heterocycles. The van der Waals surface area contributed by atoms with Crippen molar-refractivity contribution < 1.29 is 18.9 Å². The van der Waals surface area contributed by atoms with Gasteiger partial charge in [-0.15, -0.1) is 11.3 Å². The van der Waals surface area contributed by atoms with Gasteiger partial charge in [0, 0.05) is 24.0 Å². The van der Waals surface area contributed by atoms with Gasteiger partial charge in [-0.25, -0.2) is 0 Å². The molecular formula is C32H26N2O4S. The summed E-state index contributed by atoms with van der Waals surface area (Å²) in [6.07, 6.45) is 5.72. The molecule has 0 radical (unpaired) electrons. The third kappa shape index (κ3) is 7.00. The van der Waals surface area contributed by atoms with Gasteiger partial charge in [0.2, 0.25) is 0 Å². The fourth-order valence-corrected chi connectivity index (χ4v) is 5.13. The van der Waals surface area contributed by atoms with Crippen molar-refractivity contribution in [2.45, 2.75) is 51.1 Å². The quantitative estimate of drug-likeness (QED) is 0.376. The van der Waals surface area contributed by atoms with Crippen LogP contribution in [0.2, 0.25) is 0 Å². The zero-order chi connectivity index (χ0) is 26.9. The Hall–Kier alpha value is -4.24. The van der Waals surface area contributed by atoms with E-state index in [-0.39, 0.29) is 23.7 Å². The Labute approximate surface area is 232 Å². The van der Waals surface area contributed by atoms with Crippen molar-refractivity contribution in [2.75, 3.05) is 13.2 Å². The molecule has 0 saturated carbocycles. The van der Waals surface area contributed by atoms with E-state index in [1.54, 1.807) is 0 Å². The lowest BCUT2D eigenvalue weighted by Gasteiger charge is -2.23. The maximum absolute atomic E-state index is 9.72. The summed E-state index contributed by atoms with van der Waals surface area (Å²) in [7, 11) is 0. The molecule has 2 unspecified atom stereocenters. The molecule has 0 aliphatic carbocycles. The van der Waals surface area contributed by atoms with Gasteiger partial charge in [0.1, 0.15) is 23.6 Å². The van der Waals surface area contributed by atoms with Gasteiger partial charge >= 0.3 is 0 Å². The molecule has 2 aromatic carbocycles. The van der Waals surface area contributed by atoms with Gasteiger partial charge in [-0.05, 0) is 86.1 Å². The van der Waals surface area contributed by atoms with E-state index in [2.05, 4.69) is 35.8 Å². The standard InChI is InChI=1S/C32H26N2O4S/c33-21-27-28(22-34)30(18-12-24-9-15-26(16-10-24)38-32-6-2-4-20-36-32)39-29(27)17-11-23-7-13-25(14-8-23)37-31-5-1-3-19-35-31/h7-10,13-16,31-32H,1-6,19-20H2. The van der Waals surface area contributed by atoms with Crippen molar-refractivity contribution >= 4 is 11.3 Å². The third-order valence-electron chi connectivity index (χ3n) is 6.29. The topological polar surface area (TPSA) is 84.5 Å². The summed E-state index contributed by atoms with van der Waals surface area (Å²) in [5.74, 6) is 13.7. The van der Waals surface area contributed by atoms with Crippen molar-refractivity contribution in [1.82, 2.24) is 0 Å². The number of hydrogen-bond donors (Lipinski definition) is 0. The van der Waals surface area contributed by atoms with E-state index in [1.807, 2.05) is 48.5 Å². The summed E-state index contributed by atoms with van der Waals surface area (Å²) in [5.41, 5.74) is 2.06. The van der Waals surface area contributed by atoms with Crippen LogP contribution in [-0.4, -0.2) is 25.8 Å². The maximum Gasteiger partial charge on any atom is 0.199 e. The van der Waals surface area contributed by atoms with E-state index >= 15 is 0 Å². The molecule has 6 nitrogen and oxygen atoms in total. The number of hydrogen-bond acceptors (Lipinski definition) is 7. The molecule has 2 saturated heterocycles. The lowest BCUT2D eigenvalue weighted by Crippen LogP contribution is -2.24. The van der Waals surface area contributed by atoms with Gasteiger partial charge in [-0.2, -0.15) is 10.5 Å². The molecule has 0 spiro atoms. The Morgan fingerprint density at radius 3 is 1.41 bits per heavy atom. The van der Waals surface area contributed by atoms with Crippen molar-refractivity contribution in [2.24, 2.45) is 0 Å². The molecule has 0 amide bonds. The molecule has 7 heteroatoms. The molecule has 2 aliphatic rings. The largest absolute Gasteiger partial charge is 0.465 e. The first kappa shape index (κ1) is 26.4. The number of rotatable bonds is 4. The van der Waals surface area contributed by atoms with Crippen molar-refractivity contribution in [3.8, 4) is 47.3 Å². The summed E-state index contributed by atoms with van der Waals surface area (Å²) in [5, 5.41) is 19.4. The fraction of sp³-hybridized carbons (Fsp3) is 0.312. The van der Waals surface area contributed by atoms with Gasteiger partial charge in [0.05, 0.1) is 34.1 Å². The zero-order valence-electron chi connectivity index (χ0n) is 21.4. The molecular weight excluding hydrogens is 508 g/mol. The molecule has 2 fully saturated rings. The van der Waals surface area contributed by atoms with E-state index in [1.165, 1.54) is 11.3 Å². The average Bonchev–Trinajstić information content (AvgIpc) is 3.34. The SMILES string of the molecule is N#Cc1c(C#Cc2ccc(OC3CCCCO3)cc2)sc(C#Cc2ccc(OC3CCCCO3)cc2)c1C#N. The highest BCUT2D eigenvalue weighted by Crippen LogP contribution is 2.27. The lowest BCUT2D eigenvalue weighted by molar-refractivity contribution is -0.106. The highest BCUT2D eigenvalue weighted by molar-refractivity contribution is 7.13. The van der Waals surface area contributed by atoms with E-state index in [4.69, 9.17) is 18.9 Å². The second kappa shape index (κ2) is 13.0. The first-order valence-corrected chi connectivity index (χ1v) is 13.8. The van der Waals surface area contributed by atoms with Crippen LogP contribution < -0.4 is 9.47 Å². The Balaban J connectivity index is 1.28. The van der Waals surface area contributed by atoms with Crippen LogP contribution in [0.1, 0.15) is 70.5 Å². The summed E-state index contributed by atoms with van der Waals surface area (Å²) >= 11 is 1.25. The number of benzene rings is 2. The number of ether oxygens (including phenoxy) is 4. The minimum atomic E-state index is -0.202. The molecule has 39 heavy (non-hydrogen) atoms. The van der Waals surface area contributed by atoms with Gasteiger partial charge in [0.25, 0.3) is 0 Å². The smallest absolute Gasteiger partial charge is 0.199 e. The van der Waals surface area contributed by atoms with Crippen LogP contribution >= 0.6 is 11.3 Å². The monoisotopic (exact) mass is 534 g/mol. The molecule has 3 aromatic rings. The molecule has 0 bridgehead atoms. The minimum absolute atomic E-state index is 0.202. The van der Waals surface area contributed by atoms with Gasteiger partial charge < -0.3 is 18.9 Å². The molecule has 194 valence electrons. The van der Waals surface area contributed by atoms with Crippen LogP contribution in [0.5, 0.6) is 11.5 Å². The molecule has 1 aromatic heterocycles.